The van der Waals surface area contributed by atoms with E-state index in [1.165, 1.54) is 4.31 Å². The van der Waals surface area contributed by atoms with E-state index in [1.54, 1.807) is 19.2 Å². The third-order valence-corrected chi connectivity index (χ3v) is 4.99. The number of benzene rings is 1. The summed E-state index contributed by atoms with van der Waals surface area (Å²) in [6.07, 6.45) is 0. The summed E-state index contributed by atoms with van der Waals surface area (Å²) >= 11 is 6.04. The van der Waals surface area contributed by atoms with Crippen LogP contribution in [0.15, 0.2) is 23.1 Å². The molecule has 0 bridgehead atoms. The van der Waals surface area contributed by atoms with Crippen molar-refractivity contribution in [3.63, 3.8) is 0 Å². The van der Waals surface area contributed by atoms with Crippen LogP contribution in [0.1, 0.15) is 19.4 Å². The van der Waals surface area contributed by atoms with Crippen LogP contribution in [0.4, 0.5) is 0 Å². The highest BCUT2D eigenvalue weighted by Gasteiger charge is 2.24. The number of rotatable bonds is 6. The maximum Gasteiger partial charge on any atom is 0.244 e. The Labute approximate surface area is 120 Å². The first-order chi connectivity index (χ1) is 8.78. The molecule has 108 valence electrons. The number of nitrogens with one attached hydrogen (secondary N) is 1. The number of hydrogen-bond acceptors (Lipinski definition) is 3. The molecule has 0 spiro atoms. The predicted molar refractivity (Wildman–Crippen MR) is 78.9 cm³/mol. The van der Waals surface area contributed by atoms with Gasteiger partial charge < -0.3 is 5.32 Å². The molecular formula is C13H21ClN2O2S. The molecule has 0 radical (unpaired) electrons. The minimum atomic E-state index is -3.53. The highest BCUT2D eigenvalue weighted by atomic mass is 35.5. The highest BCUT2D eigenvalue weighted by Crippen LogP contribution is 2.25. The molecule has 0 aliphatic heterocycles. The van der Waals surface area contributed by atoms with Gasteiger partial charge in [-0.25, -0.2) is 12.7 Å². The topological polar surface area (TPSA) is 49.4 Å². The third kappa shape index (κ3) is 4.18. The maximum absolute atomic E-state index is 12.5. The van der Waals surface area contributed by atoms with E-state index in [2.05, 4.69) is 5.32 Å². The fourth-order valence-electron chi connectivity index (χ4n) is 1.84. The first-order valence-corrected chi connectivity index (χ1v) is 8.00. The summed E-state index contributed by atoms with van der Waals surface area (Å²) in [5.41, 5.74) is 0.892. The average molecular weight is 305 g/mol. The molecule has 6 heteroatoms. The maximum atomic E-state index is 12.5. The summed E-state index contributed by atoms with van der Waals surface area (Å²) in [4.78, 5) is 0.171. The largest absolute Gasteiger partial charge is 0.316 e. The van der Waals surface area contributed by atoms with Crippen molar-refractivity contribution in [1.29, 1.82) is 0 Å². The zero-order valence-corrected chi connectivity index (χ0v) is 13.3. The Balaban J connectivity index is 3.16. The van der Waals surface area contributed by atoms with E-state index < -0.39 is 10.0 Å². The van der Waals surface area contributed by atoms with Crippen LogP contribution in [-0.4, -0.2) is 33.4 Å². The molecule has 0 aromatic heterocycles. The molecule has 1 aromatic rings. The van der Waals surface area contributed by atoms with Gasteiger partial charge >= 0.3 is 0 Å². The van der Waals surface area contributed by atoms with Crippen molar-refractivity contribution in [1.82, 2.24) is 9.62 Å². The second kappa shape index (κ2) is 6.70. The number of hydrogen-bond donors (Lipinski definition) is 1. The normalized spacial score (nSPS) is 12.4. The number of nitrogens with zero attached hydrogens (tertiary/aromatic N) is 1. The standard InChI is InChI=1S/C13H21ClN2O2S/c1-10(2)9-16(4)19(17,18)13-7-11(8-15-3)5-6-12(13)14/h5-7,10,15H,8-9H2,1-4H3. The molecule has 4 nitrogen and oxygen atoms in total. The van der Waals surface area contributed by atoms with Gasteiger partial charge in [0.25, 0.3) is 0 Å². The van der Waals surface area contributed by atoms with Gasteiger partial charge in [0.15, 0.2) is 0 Å². The van der Waals surface area contributed by atoms with E-state index in [1.807, 2.05) is 27.0 Å². The van der Waals surface area contributed by atoms with Crippen molar-refractivity contribution >= 4 is 21.6 Å². The molecule has 0 fully saturated rings. The van der Waals surface area contributed by atoms with Gasteiger partial charge in [-0.2, -0.15) is 0 Å². The lowest BCUT2D eigenvalue weighted by Gasteiger charge is -2.20. The third-order valence-electron chi connectivity index (χ3n) is 2.69. The van der Waals surface area contributed by atoms with Crippen LogP contribution in [0.5, 0.6) is 0 Å². The summed E-state index contributed by atoms with van der Waals surface area (Å²) in [6, 6.07) is 5.08. The Morgan fingerprint density at radius 1 is 1.37 bits per heavy atom. The molecule has 19 heavy (non-hydrogen) atoms. The SMILES string of the molecule is CNCc1ccc(Cl)c(S(=O)(=O)N(C)CC(C)C)c1. The van der Waals surface area contributed by atoms with Crippen LogP contribution in [0.3, 0.4) is 0 Å². The molecule has 0 saturated carbocycles. The van der Waals surface area contributed by atoms with Crippen molar-refractivity contribution in [2.75, 3.05) is 20.6 Å². The fourth-order valence-corrected chi connectivity index (χ4v) is 3.69. The Morgan fingerprint density at radius 3 is 2.53 bits per heavy atom. The lowest BCUT2D eigenvalue weighted by molar-refractivity contribution is 0.417. The molecule has 0 amide bonds. The summed E-state index contributed by atoms with van der Waals surface area (Å²) in [6.45, 7) is 5.03. The molecular weight excluding hydrogens is 284 g/mol. The van der Waals surface area contributed by atoms with E-state index in [9.17, 15) is 8.42 Å². The zero-order valence-electron chi connectivity index (χ0n) is 11.8. The monoisotopic (exact) mass is 304 g/mol. The van der Waals surface area contributed by atoms with Gasteiger partial charge in [0.05, 0.1) is 5.02 Å². The van der Waals surface area contributed by atoms with Crippen LogP contribution in [-0.2, 0) is 16.6 Å². The molecule has 0 aliphatic carbocycles. The molecule has 0 atom stereocenters. The van der Waals surface area contributed by atoms with Gasteiger partial charge in [0.2, 0.25) is 10.0 Å². The second-order valence-electron chi connectivity index (χ2n) is 4.97. The van der Waals surface area contributed by atoms with Crippen molar-refractivity contribution in [2.24, 2.45) is 5.92 Å². The molecule has 0 unspecified atom stereocenters. The van der Waals surface area contributed by atoms with E-state index >= 15 is 0 Å². The van der Waals surface area contributed by atoms with Gasteiger partial charge in [0, 0.05) is 20.1 Å². The van der Waals surface area contributed by atoms with E-state index in [0.29, 0.717) is 13.1 Å². The van der Waals surface area contributed by atoms with Gasteiger partial charge in [-0.05, 0) is 30.7 Å². The lowest BCUT2D eigenvalue weighted by Crippen LogP contribution is -2.30. The molecule has 0 aliphatic rings. The van der Waals surface area contributed by atoms with Crippen molar-refractivity contribution in [3.05, 3.63) is 28.8 Å². The summed E-state index contributed by atoms with van der Waals surface area (Å²) in [5, 5.41) is 3.25. The van der Waals surface area contributed by atoms with Gasteiger partial charge in [0.1, 0.15) is 4.90 Å². The fraction of sp³-hybridized carbons (Fsp3) is 0.538. The van der Waals surface area contributed by atoms with Crippen LogP contribution in [0.25, 0.3) is 0 Å². The average Bonchev–Trinajstić information content (AvgIpc) is 2.30. The van der Waals surface area contributed by atoms with Crippen molar-refractivity contribution in [2.45, 2.75) is 25.3 Å². The Bertz CT molecular complexity index is 529. The molecule has 1 rings (SSSR count). The second-order valence-corrected chi connectivity index (χ2v) is 7.39. The Kier molecular flexibility index (Phi) is 5.80. The van der Waals surface area contributed by atoms with E-state index in [4.69, 9.17) is 11.6 Å². The lowest BCUT2D eigenvalue weighted by atomic mass is 10.2. The van der Waals surface area contributed by atoms with Crippen LogP contribution in [0, 0.1) is 5.92 Å². The number of sulfonamides is 1. The minimum absolute atomic E-state index is 0.171. The van der Waals surface area contributed by atoms with E-state index in [0.717, 1.165) is 5.56 Å². The quantitative estimate of drug-likeness (QED) is 0.877. The van der Waals surface area contributed by atoms with Crippen molar-refractivity contribution in [3.8, 4) is 0 Å². The summed E-state index contributed by atoms with van der Waals surface area (Å²) in [7, 11) is -0.139. The number of halogens is 1. The first kappa shape index (κ1) is 16.4. The Hall–Kier alpha value is -0.620. The van der Waals surface area contributed by atoms with Gasteiger partial charge in [-0.1, -0.05) is 31.5 Å². The van der Waals surface area contributed by atoms with Crippen LogP contribution < -0.4 is 5.32 Å². The van der Waals surface area contributed by atoms with Crippen LogP contribution >= 0.6 is 11.6 Å². The van der Waals surface area contributed by atoms with Gasteiger partial charge in [-0.3, -0.25) is 0 Å². The van der Waals surface area contributed by atoms with Gasteiger partial charge in [-0.15, -0.1) is 0 Å². The smallest absolute Gasteiger partial charge is 0.244 e. The molecule has 1 aromatic carbocycles. The molecule has 1 N–H and O–H groups in total. The molecule has 0 saturated heterocycles. The predicted octanol–water partition coefficient (Wildman–Crippen LogP) is 2.34. The molecule has 0 heterocycles. The zero-order chi connectivity index (χ0) is 14.6. The Morgan fingerprint density at radius 2 is 2.00 bits per heavy atom. The van der Waals surface area contributed by atoms with E-state index in [-0.39, 0.29) is 15.8 Å². The highest BCUT2D eigenvalue weighted by molar-refractivity contribution is 7.89. The minimum Gasteiger partial charge on any atom is -0.316 e. The summed E-state index contributed by atoms with van der Waals surface area (Å²) in [5.74, 6) is 0.263. The first-order valence-electron chi connectivity index (χ1n) is 6.18. The van der Waals surface area contributed by atoms with Crippen LogP contribution in [0.2, 0.25) is 5.02 Å². The summed E-state index contributed by atoms with van der Waals surface area (Å²) < 4.78 is 26.3. The van der Waals surface area contributed by atoms with Crippen molar-refractivity contribution < 1.29 is 8.42 Å².